The number of anilines is 1. The molecule has 0 aliphatic heterocycles. The fourth-order valence-corrected chi connectivity index (χ4v) is 1.47. The number of aromatic nitrogens is 2. The first-order chi connectivity index (χ1) is 8.61. The molecule has 1 aromatic heterocycles. The minimum atomic E-state index is 0.407. The molecule has 1 aromatic rings. The number of nitrogens with zero attached hydrogens (tertiary/aromatic N) is 2. The van der Waals surface area contributed by atoms with Crippen molar-refractivity contribution in [1.29, 1.82) is 0 Å². The normalized spacial score (nSPS) is 12.9. The summed E-state index contributed by atoms with van der Waals surface area (Å²) in [5.74, 6) is 1.63. The number of methoxy groups -OCH3 is 1. The van der Waals surface area contributed by atoms with E-state index in [0.717, 1.165) is 13.1 Å². The lowest BCUT2D eigenvalue weighted by Gasteiger charge is -2.09. The van der Waals surface area contributed by atoms with Gasteiger partial charge in [-0.25, -0.2) is 0 Å². The molecule has 2 N–H and O–H groups in total. The molecular weight excluding hydrogens is 232 g/mol. The van der Waals surface area contributed by atoms with Crippen molar-refractivity contribution in [1.82, 2.24) is 15.5 Å². The first-order valence-corrected chi connectivity index (χ1v) is 6.37. The van der Waals surface area contributed by atoms with Crippen LogP contribution in [0.25, 0.3) is 0 Å². The van der Waals surface area contributed by atoms with Gasteiger partial charge in [0, 0.05) is 13.7 Å². The van der Waals surface area contributed by atoms with Crippen LogP contribution in [0.1, 0.15) is 26.7 Å². The molecule has 1 rings (SSSR count). The Morgan fingerprint density at radius 2 is 2.00 bits per heavy atom. The van der Waals surface area contributed by atoms with Crippen LogP contribution in [0.2, 0.25) is 0 Å². The minimum absolute atomic E-state index is 0.407. The van der Waals surface area contributed by atoms with Gasteiger partial charge in [0.1, 0.15) is 0 Å². The molecule has 1 unspecified atom stereocenters. The molecule has 0 aliphatic rings. The van der Waals surface area contributed by atoms with E-state index in [1.54, 1.807) is 7.11 Å². The number of nitrogens with one attached hydrogen (secondary N) is 2. The van der Waals surface area contributed by atoms with Gasteiger partial charge in [-0.2, -0.15) is 0 Å². The van der Waals surface area contributed by atoms with E-state index in [1.165, 1.54) is 0 Å². The SMILES string of the molecule is COCC(C)CNc1nnc(CNCC(C)C)o1. The number of ether oxygens (including phenoxy) is 1. The maximum absolute atomic E-state index is 5.46. The van der Waals surface area contributed by atoms with E-state index in [-0.39, 0.29) is 0 Å². The van der Waals surface area contributed by atoms with E-state index in [9.17, 15) is 0 Å². The molecule has 104 valence electrons. The van der Waals surface area contributed by atoms with Gasteiger partial charge in [0.25, 0.3) is 0 Å². The van der Waals surface area contributed by atoms with Crippen LogP contribution in [0.5, 0.6) is 0 Å². The van der Waals surface area contributed by atoms with E-state index in [4.69, 9.17) is 9.15 Å². The molecule has 0 amide bonds. The standard InChI is InChI=1S/C12H24N4O2/c1-9(2)5-13-7-11-15-16-12(18-11)14-6-10(3)8-17-4/h9-10,13H,5-8H2,1-4H3,(H,14,16). The highest BCUT2D eigenvalue weighted by Gasteiger charge is 2.07. The maximum Gasteiger partial charge on any atom is 0.315 e. The highest BCUT2D eigenvalue weighted by atomic mass is 16.5. The summed E-state index contributed by atoms with van der Waals surface area (Å²) in [7, 11) is 1.70. The van der Waals surface area contributed by atoms with Crippen LogP contribution in [0.3, 0.4) is 0 Å². The van der Waals surface area contributed by atoms with Crippen LogP contribution < -0.4 is 10.6 Å². The number of hydrogen-bond acceptors (Lipinski definition) is 6. The van der Waals surface area contributed by atoms with Crippen LogP contribution in [0.4, 0.5) is 6.01 Å². The Morgan fingerprint density at radius 3 is 2.67 bits per heavy atom. The molecule has 0 aliphatic carbocycles. The third-order valence-corrected chi connectivity index (χ3v) is 2.35. The summed E-state index contributed by atoms with van der Waals surface area (Å²) in [6.07, 6.45) is 0. The van der Waals surface area contributed by atoms with E-state index in [0.29, 0.717) is 36.9 Å². The molecule has 0 saturated carbocycles. The smallest absolute Gasteiger partial charge is 0.315 e. The lowest BCUT2D eigenvalue weighted by Crippen LogP contribution is -2.19. The average molecular weight is 256 g/mol. The van der Waals surface area contributed by atoms with E-state index in [2.05, 4.69) is 41.6 Å². The predicted molar refractivity (Wildman–Crippen MR) is 70.4 cm³/mol. The van der Waals surface area contributed by atoms with Crippen molar-refractivity contribution in [2.24, 2.45) is 11.8 Å². The van der Waals surface area contributed by atoms with Gasteiger partial charge in [0.05, 0.1) is 13.2 Å². The van der Waals surface area contributed by atoms with Gasteiger partial charge >= 0.3 is 6.01 Å². The highest BCUT2D eigenvalue weighted by molar-refractivity contribution is 5.16. The Hall–Kier alpha value is -1.14. The lowest BCUT2D eigenvalue weighted by molar-refractivity contribution is 0.164. The van der Waals surface area contributed by atoms with E-state index in [1.807, 2.05) is 0 Å². The first-order valence-electron chi connectivity index (χ1n) is 6.37. The van der Waals surface area contributed by atoms with E-state index < -0.39 is 0 Å². The van der Waals surface area contributed by atoms with Crippen molar-refractivity contribution in [3.8, 4) is 0 Å². The predicted octanol–water partition coefficient (Wildman–Crippen LogP) is 1.51. The topological polar surface area (TPSA) is 72.2 Å². The highest BCUT2D eigenvalue weighted by Crippen LogP contribution is 2.06. The minimum Gasteiger partial charge on any atom is -0.407 e. The Kier molecular flexibility index (Phi) is 6.67. The Balaban J connectivity index is 2.25. The Bertz CT molecular complexity index is 328. The average Bonchev–Trinajstić information content (AvgIpc) is 2.74. The van der Waals surface area contributed by atoms with Crippen LogP contribution >= 0.6 is 0 Å². The fourth-order valence-electron chi connectivity index (χ4n) is 1.47. The third kappa shape index (κ3) is 5.97. The van der Waals surface area contributed by atoms with Gasteiger partial charge in [-0.3, -0.25) is 0 Å². The van der Waals surface area contributed by atoms with Crippen molar-refractivity contribution in [3.05, 3.63) is 5.89 Å². The molecule has 0 bridgehead atoms. The number of rotatable bonds is 9. The molecule has 18 heavy (non-hydrogen) atoms. The zero-order valence-electron chi connectivity index (χ0n) is 11.7. The molecule has 0 aromatic carbocycles. The van der Waals surface area contributed by atoms with Crippen molar-refractivity contribution in [2.75, 3.05) is 32.1 Å². The third-order valence-electron chi connectivity index (χ3n) is 2.35. The molecule has 0 radical (unpaired) electrons. The van der Waals surface area contributed by atoms with Gasteiger partial charge in [0.15, 0.2) is 0 Å². The molecule has 0 saturated heterocycles. The molecular formula is C12H24N4O2. The fraction of sp³-hybridized carbons (Fsp3) is 0.833. The summed E-state index contributed by atoms with van der Waals surface area (Å²) in [4.78, 5) is 0. The molecule has 1 atom stereocenters. The summed E-state index contributed by atoms with van der Waals surface area (Å²) in [5, 5.41) is 14.3. The summed E-state index contributed by atoms with van der Waals surface area (Å²) >= 11 is 0. The zero-order chi connectivity index (χ0) is 13.4. The summed E-state index contributed by atoms with van der Waals surface area (Å²) in [5.41, 5.74) is 0. The van der Waals surface area contributed by atoms with Gasteiger partial charge in [0.2, 0.25) is 5.89 Å². The summed E-state index contributed by atoms with van der Waals surface area (Å²) in [6.45, 7) is 9.43. The van der Waals surface area contributed by atoms with Gasteiger partial charge in [-0.05, 0) is 18.4 Å². The van der Waals surface area contributed by atoms with Gasteiger partial charge < -0.3 is 19.8 Å². The molecule has 0 spiro atoms. The number of hydrogen-bond donors (Lipinski definition) is 2. The molecule has 6 heteroatoms. The van der Waals surface area contributed by atoms with Gasteiger partial charge in [-0.1, -0.05) is 25.9 Å². The summed E-state index contributed by atoms with van der Waals surface area (Å²) < 4.78 is 10.5. The largest absolute Gasteiger partial charge is 0.407 e. The molecule has 1 heterocycles. The van der Waals surface area contributed by atoms with Gasteiger partial charge in [-0.15, -0.1) is 5.10 Å². The van der Waals surface area contributed by atoms with E-state index >= 15 is 0 Å². The van der Waals surface area contributed by atoms with Crippen molar-refractivity contribution in [3.63, 3.8) is 0 Å². The van der Waals surface area contributed by atoms with Crippen LogP contribution in [-0.4, -0.2) is 37.0 Å². The van der Waals surface area contributed by atoms with Crippen LogP contribution in [-0.2, 0) is 11.3 Å². The van der Waals surface area contributed by atoms with Crippen molar-refractivity contribution >= 4 is 6.01 Å². The lowest BCUT2D eigenvalue weighted by atomic mass is 10.2. The quantitative estimate of drug-likeness (QED) is 0.698. The van der Waals surface area contributed by atoms with Crippen LogP contribution in [0, 0.1) is 11.8 Å². The Morgan fingerprint density at radius 1 is 1.22 bits per heavy atom. The zero-order valence-corrected chi connectivity index (χ0v) is 11.7. The second-order valence-corrected chi connectivity index (χ2v) is 4.97. The first kappa shape index (κ1) is 14.9. The second-order valence-electron chi connectivity index (χ2n) is 4.97. The molecule has 0 fully saturated rings. The second kappa shape index (κ2) is 8.05. The Labute approximate surface area is 108 Å². The monoisotopic (exact) mass is 256 g/mol. The van der Waals surface area contributed by atoms with Crippen LogP contribution in [0.15, 0.2) is 4.42 Å². The van der Waals surface area contributed by atoms with Crippen molar-refractivity contribution in [2.45, 2.75) is 27.3 Å². The maximum atomic E-state index is 5.46. The van der Waals surface area contributed by atoms with Crippen molar-refractivity contribution < 1.29 is 9.15 Å². The summed E-state index contributed by atoms with van der Waals surface area (Å²) in [6, 6.07) is 0.472. The molecule has 6 nitrogen and oxygen atoms in total.